The van der Waals surface area contributed by atoms with Crippen LogP contribution in [-0.2, 0) is 6.42 Å². The van der Waals surface area contributed by atoms with E-state index in [0.29, 0.717) is 0 Å². The van der Waals surface area contributed by atoms with Gasteiger partial charge in [0.1, 0.15) is 4.60 Å². The third-order valence-corrected chi connectivity index (χ3v) is 4.96. The number of rotatable bonds is 5. The summed E-state index contributed by atoms with van der Waals surface area (Å²) in [5.41, 5.74) is 5.21. The quantitative estimate of drug-likeness (QED) is 0.645. The van der Waals surface area contributed by atoms with Crippen molar-refractivity contribution >= 4 is 33.0 Å². The first-order chi connectivity index (χ1) is 13.2. The molecule has 0 bridgehead atoms. The third-order valence-electron chi connectivity index (χ3n) is 4.38. The van der Waals surface area contributed by atoms with E-state index in [0.717, 1.165) is 46.7 Å². The standard InChI is InChI=1S/C21H20BrN5/c1-15-10-16(12-23-11-15)8-9-24-20-21-25-13-19(22)27(21)14-18(26-20)17-6-4-2-3-5-7-17/h2-4,6-7,10-14H,5,8-9H2,1H3,(H,24,26). The molecule has 0 saturated carbocycles. The number of pyridine rings is 1. The van der Waals surface area contributed by atoms with E-state index < -0.39 is 0 Å². The Bertz CT molecular complexity index is 1060. The number of aryl methyl sites for hydroxylation is 1. The fraction of sp³-hybridized carbons (Fsp3) is 0.190. The number of halogens is 1. The van der Waals surface area contributed by atoms with Gasteiger partial charge < -0.3 is 5.32 Å². The van der Waals surface area contributed by atoms with Crippen molar-refractivity contribution < 1.29 is 0 Å². The Kier molecular flexibility index (Phi) is 5.16. The molecule has 5 nitrogen and oxygen atoms in total. The minimum atomic E-state index is 0.762. The summed E-state index contributed by atoms with van der Waals surface area (Å²) in [5.74, 6) is 0.783. The zero-order chi connectivity index (χ0) is 18.6. The van der Waals surface area contributed by atoms with Crippen LogP contribution in [0.25, 0.3) is 11.2 Å². The number of anilines is 1. The molecule has 1 aliphatic rings. The zero-order valence-electron chi connectivity index (χ0n) is 15.1. The Labute approximate surface area is 166 Å². The van der Waals surface area contributed by atoms with Gasteiger partial charge in [-0.1, -0.05) is 36.4 Å². The molecule has 1 aliphatic carbocycles. The summed E-state index contributed by atoms with van der Waals surface area (Å²) in [6.45, 7) is 2.82. The molecule has 0 saturated heterocycles. The van der Waals surface area contributed by atoms with Crippen molar-refractivity contribution in [1.82, 2.24) is 19.4 Å². The molecule has 0 fully saturated rings. The molecular formula is C21H20BrN5. The molecular weight excluding hydrogens is 402 g/mol. The van der Waals surface area contributed by atoms with Gasteiger partial charge in [-0.2, -0.15) is 0 Å². The Morgan fingerprint density at radius 3 is 3.04 bits per heavy atom. The number of hydrogen-bond donors (Lipinski definition) is 1. The molecule has 0 aromatic carbocycles. The van der Waals surface area contributed by atoms with Crippen molar-refractivity contribution in [2.45, 2.75) is 19.8 Å². The molecule has 0 aliphatic heterocycles. The summed E-state index contributed by atoms with van der Waals surface area (Å²) >= 11 is 3.57. The maximum Gasteiger partial charge on any atom is 0.181 e. The van der Waals surface area contributed by atoms with Gasteiger partial charge in [-0.25, -0.2) is 9.97 Å². The van der Waals surface area contributed by atoms with Crippen molar-refractivity contribution in [3.05, 3.63) is 82.7 Å². The lowest BCUT2D eigenvalue weighted by Gasteiger charge is -2.11. The third kappa shape index (κ3) is 4.01. The zero-order valence-corrected chi connectivity index (χ0v) is 16.6. The summed E-state index contributed by atoms with van der Waals surface area (Å²) in [6, 6.07) is 2.16. The monoisotopic (exact) mass is 421 g/mol. The van der Waals surface area contributed by atoms with Gasteiger partial charge in [0, 0.05) is 25.1 Å². The average molecular weight is 422 g/mol. The van der Waals surface area contributed by atoms with Crippen molar-refractivity contribution in [2.75, 3.05) is 11.9 Å². The van der Waals surface area contributed by atoms with Crippen LogP contribution in [0.4, 0.5) is 5.82 Å². The second-order valence-corrected chi connectivity index (χ2v) is 7.29. The van der Waals surface area contributed by atoms with E-state index in [4.69, 9.17) is 4.98 Å². The Hall–Kier alpha value is -2.73. The van der Waals surface area contributed by atoms with E-state index in [-0.39, 0.29) is 0 Å². The van der Waals surface area contributed by atoms with Crippen LogP contribution in [0.2, 0.25) is 0 Å². The molecule has 136 valence electrons. The number of fused-ring (bicyclic) bond motifs is 1. The minimum Gasteiger partial charge on any atom is -0.367 e. The van der Waals surface area contributed by atoms with E-state index in [1.807, 2.05) is 29.1 Å². The molecule has 3 heterocycles. The number of imidazole rings is 1. The molecule has 3 aromatic heterocycles. The lowest BCUT2D eigenvalue weighted by Crippen LogP contribution is -2.09. The van der Waals surface area contributed by atoms with Crippen molar-refractivity contribution in [3.8, 4) is 0 Å². The fourth-order valence-corrected chi connectivity index (χ4v) is 3.44. The molecule has 0 amide bonds. The maximum absolute atomic E-state index is 4.85. The molecule has 27 heavy (non-hydrogen) atoms. The normalized spacial score (nSPS) is 13.6. The summed E-state index contributed by atoms with van der Waals surface area (Å²) in [4.78, 5) is 13.6. The van der Waals surface area contributed by atoms with Gasteiger partial charge in [0.2, 0.25) is 0 Å². The van der Waals surface area contributed by atoms with E-state index in [1.54, 1.807) is 6.20 Å². The van der Waals surface area contributed by atoms with E-state index in [9.17, 15) is 0 Å². The first-order valence-corrected chi connectivity index (χ1v) is 9.72. The number of nitrogens with one attached hydrogen (secondary N) is 1. The molecule has 6 heteroatoms. The van der Waals surface area contributed by atoms with Crippen LogP contribution >= 0.6 is 15.9 Å². The predicted molar refractivity (Wildman–Crippen MR) is 113 cm³/mol. The van der Waals surface area contributed by atoms with Crippen molar-refractivity contribution in [2.24, 2.45) is 0 Å². The van der Waals surface area contributed by atoms with Crippen LogP contribution in [0, 0.1) is 6.92 Å². The van der Waals surface area contributed by atoms with Gasteiger partial charge in [-0.3, -0.25) is 9.38 Å². The lowest BCUT2D eigenvalue weighted by atomic mass is 10.1. The maximum atomic E-state index is 4.85. The van der Waals surface area contributed by atoms with Crippen LogP contribution < -0.4 is 5.32 Å². The highest BCUT2D eigenvalue weighted by molar-refractivity contribution is 9.10. The van der Waals surface area contributed by atoms with E-state index in [2.05, 4.69) is 68.5 Å². The SMILES string of the molecule is Cc1cncc(CCNc2nc(C3=CCC=CC=C3)cn3c(Br)cnc23)c1. The minimum absolute atomic E-state index is 0.762. The highest BCUT2D eigenvalue weighted by atomic mass is 79.9. The highest BCUT2D eigenvalue weighted by Gasteiger charge is 2.12. The van der Waals surface area contributed by atoms with Gasteiger partial charge in [-0.05, 0) is 52.4 Å². The second-order valence-electron chi connectivity index (χ2n) is 6.48. The van der Waals surface area contributed by atoms with Gasteiger partial charge in [0.05, 0.1) is 11.9 Å². The van der Waals surface area contributed by atoms with Crippen molar-refractivity contribution in [3.63, 3.8) is 0 Å². The molecule has 4 rings (SSSR count). The Morgan fingerprint density at radius 2 is 2.15 bits per heavy atom. The number of aromatic nitrogens is 4. The lowest BCUT2D eigenvalue weighted by molar-refractivity contribution is 0.979. The Morgan fingerprint density at radius 1 is 1.22 bits per heavy atom. The first kappa shape index (κ1) is 17.7. The smallest absolute Gasteiger partial charge is 0.181 e. The summed E-state index contributed by atoms with van der Waals surface area (Å²) < 4.78 is 2.93. The molecule has 0 unspecified atom stereocenters. The van der Waals surface area contributed by atoms with Crippen LogP contribution in [0.1, 0.15) is 23.2 Å². The van der Waals surface area contributed by atoms with Crippen molar-refractivity contribution in [1.29, 1.82) is 0 Å². The van der Waals surface area contributed by atoms with Gasteiger partial charge in [-0.15, -0.1) is 0 Å². The number of hydrogen-bond acceptors (Lipinski definition) is 4. The van der Waals surface area contributed by atoms with Crippen LogP contribution in [0.3, 0.4) is 0 Å². The topological polar surface area (TPSA) is 55.1 Å². The highest BCUT2D eigenvalue weighted by Crippen LogP contribution is 2.24. The summed E-state index contributed by atoms with van der Waals surface area (Å²) in [6.07, 6.45) is 19.9. The van der Waals surface area contributed by atoms with Crippen LogP contribution in [0.15, 0.2) is 65.8 Å². The first-order valence-electron chi connectivity index (χ1n) is 8.92. The molecule has 0 radical (unpaired) electrons. The largest absolute Gasteiger partial charge is 0.367 e. The van der Waals surface area contributed by atoms with E-state index >= 15 is 0 Å². The predicted octanol–water partition coefficient (Wildman–Crippen LogP) is 4.75. The molecule has 0 spiro atoms. The summed E-state index contributed by atoms with van der Waals surface area (Å²) in [7, 11) is 0. The Balaban J connectivity index is 1.62. The summed E-state index contributed by atoms with van der Waals surface area (Å²) in [5, 5.41) is 3.45. The average Bonchev–Trinajstić information content (AvgIpc) is 2.87. The van der Waals surface area contributed by atoms with Crippen LogP contribution in [-0.4, -0.2) is 25.9 Å². The molecule has 1 N–H and O–H groups in total. The number of nitrogens with zero attached hydrogens (tertiary/aromatic N) is 4. The van der Waals surface area contributed by atoms with Gasteiger partial charge in [0.15, 0.2) is 11.5 Å². The molecule has 0 atom stereocenters. The molecule has 3 aromatic rings. The van der Waals surface area contributed by atoms with E-state index in [1.165, 1.54) is 11.1 Å². The van der Waals surface area contributed by atoms with Gasteiger partial charge >= 0.3 is 0 Å². The fourth-order valence-electron chi connectivity index (χ4n) is 3.07. The second kappa shape index (κ2) is 7.88. The number of allylic oxidation sites excluding steroid dienone is 6. The van der Waals surface area contributed by atoms with Crippen LogP contribution in [0.5, 0.6) is 0 Å². The van der Waals surface area contributed by atoms with Gasteiger partial charge in [0.25, 0.3) is 0 Å².